The Kier molecular flexibility index (Phi) is 5.62. The minimum absolute atomic E-state index is 0.329. The first-order valence-corrected chi connectivity index (χ1v) is 8.37. The number of alkyl halides is 3. The van der Waals surface area contributed by atoms with Crippen molar-refractivity contribution in [1.82, 2.24) is 20.3 Å². The van der Waals surface area contributed by atoms with Crippen molar-refractivity contribution in [3.63, 3.8) is 0 Å². The van der Waals surface area contributed by atoms with Gasteiger partial charge in [0, 0.05) is 0 Å². The van der Waals surface area contributed by atoms with Gasteiger partial charge >= 0.3 is 6.36 Å². The second-order valence-corrected chi connectivity index (χ2v) is 5.97. The van der Waals surface area contributed by atoms with E-state index < -0.39 is 23.9 Å². The third-order valence-electron chi connectivity index (χ3n) is 3.95. The Morgan fingerprint density at radius 2 is 1.90 bits per heavy atom. The number of rotatable bonds is 6. The highest BCUT2D eigenvalue weighted by molar-refractivity contribution is 5.78. The van der Waals surface area contributed by atoms with Gasteiger partial charge in [-0.3, -0.25) is 9.59 Å². The van der Waals surface area contributed by atoms with E-state index >= 15 is 0 Å². The van der Waals surface area contributed by atoms with Crippen molar-refractivity contribution in [3.8, 4) is 5.75 Å². The molecule has 1 amide bonds. The Bertz CT molecular complexity index is 1090. The average molecular weight is 404 g/mol. The summed E-state index contributed by atoms with van der Waals surface area (Å²) in [6.45, 7) is 3.24. The summed E-state index contributed by atoms with van der Waals surface area (Å²) in [5.74, 6) is -0.925. The molecular formula is C19H15F3N4O3. The number of carbonyl (C=O) groups excluding carboxylic acids is 1. The lowest BCUT2D eigenvalue weighted by Crippen LogP contribution is -2.35. The van der Waals surface area contributed by atoms with Crippen molar-refractivity contribution >= 4 is 16.8 Å². The number of aromatic nitrogens is 3. The summed E-state index contributed by atoms with van der Waals surface area (Å²) in [4.78, 5) is 24.7. The molecule has 3 aromatic rings. The number of hydrogen-bond acceptors (Lipinski definition) is 5. The highest BCUT2D eigenvalue weighted by Crippen LogP contribution is 2.24. The molecular weight excluding hydrogens is 389 g/mol. The molecule has 1 atom stereocenters. The molecule has 0 spiro atoms. The summed E-state index contributed by atoms with van der Waals surface area (Å²) >= 11 is 0. The molecule has 29 heavy (non-hydrogen) atoms. The fourth-order valence-electron chi connectivity index (χ4n) is 2.64. The van der Waals surface area contributed by atoms with Crippen LogP contribution in [0.25, 0.3) is 10.9 Å². The molecule has 7 nitrogen and oxygen atoms in total. The molecule has 0 bridgehead atoms. The van der Waals surface area contributed by atoms with Crippen molar-refractivity contribution in [2.24, 2.45) is 0 Å². The van der Waals surface area contributed by atoms with Gasteiger partial charge in [0.15, 0.2) is 0 Å². The first-order chi connectivity index (χ1) is 13.8. The lowest BCUT2D eigenvalue weighted by molar-refractivity contribution is -0.274. The monoisotopic (exact) mass is 404 g/mol. The molecule has 0 fully saturated rings. The molecule has 1 heterocycles. The lowest BCUT2D eigenvalue weighted by atomic mass is 10.1. The second kappa shape index (κ2) is 8.13. The van der Waals surface area contributed by atoms with Crippen molar-refractivity contribution in [2.75, 3.05) is 0 Å². The molecule has 0 radical (unpaired) electrons. The number of nitrogens with zero attached hydrogens (tertiary/aromatic N) is 3. The summed E-state index contributed by atoms with van der Waals surface area (Å²) in [6.07, 6.45) is -3.38. The number of nitrogens with one attached hydrogen (secondary N) is 1. The first kappa shape index (κ1) is 20.1. The topological polar surface area (TPSA) is 86.1 Å². The van der Waals surface area contributed by atoms with Gasteiger partial charge in [0.05, 0.1) is 11.4 Å². The molecule has 0 unspecified atom stereocenters. The third-order valence-corrected chi connectivity index (χ3v) is 3.95. The van der Waals surface area contributed by atoms with Gasteiger partial charge in [-0.15, -0.1) is 24.8 Å². The number of hydrogen-bond donors (Lipinski definition) is 1. The number of amides is 1. The molecule has 10 heteroatoms. The van der Waals surface area contributed by atoms with Crippen molar-refractivity contribution in [2.45, 2.75) is 18.9 Å². The van der Waals surface area contributed by atoms with Crippen molar-refractivity contribution in [3.05, 3.63) is 77.1 Å². The van der Waals surface area contributed by atoms with E-state index in [0.717, 1.165) is 16.8 Å². The van der Waals surface area contributed by atoms with E-state index in [1.807, 2.05) is 0 Å². The minimum atomic E-state index is -4.79. The molecule has 0 saturated heterocycles. The average Bonchev–Trinajstić information content (AvgIpc) is 2.68. The van der Waals surface area contributed by atoms with Crippen LogP contribution < -0.4 is 15.6 Å². The maximum absolute atomic E-state index is 12.4. The van der Waals surface area contributed by atoms with Crippen LogP contribution in [-0.2, 0) is 11.3 Å². The van der Waals surface area contributed by atoms with Gasteiger partial charge < -0.3 is 10.1 Å². The summed E-state index contributed by atoms with van der Waals surface area (Å²) < 4.78 is 41.5. The van der Waals surface area contributed by atoms with Gasteiger partial charge in [0.2, 0.25) is 5.91 Å². The van der Waals surface area contributed by atoms with E-state index in [1.165, 1.54) is 18.2 Å². The van der Waals surface area contributed by atoms with E-state index in [2.05, 4.69) is 26.9 Å². The molecule has 1 aromatic heterocycles. The summed E-state index contributed by atoms with van der Waals surface area (Å²) in [6, 6.07) is 10.9. The molecule has 3 rings (SSSR count). The van der Waals surface area contributed by atoms with E-state index in [4.69, 9.17) is 0 Å². The van der Waals surface area contributed by atoms with Gasteiger partial charge in [0.25, 0.3) is 5.56 Å². The minimum Gasteiger partial charge on any atom is -0.406 e. The zero-order valence-corrected chi connectivity index (χ0v) is 14.9. The Labute approximate surface area is 162 Å². The van der Waals surface area contributed by atoms with Crippen LogP contribution in [0, 0.1) is 0 Å². The predicted octanol–water partition coefficient (Wildman–Crippen LogP) is 2.73. The maximum atomic E-state index is 12.4. The standard InChI is InChI=1S/C19H15F3N4O3/c1-2-15(12-7-9-13(10-8-12)29-19(20,21)22)23-17(27)11-26-18(28)14-5-3-4-6-16(14)24-25-26/h2-10,15H,1,11H2,(H,23,27)/t15-/m0/s1. The van der Waals surface area contributed by atoms with Crippen molar-refractivity contribution < 1.29 is 22.7 Å². The third kappa shape index (κ3) is 4.98. The molecule has 0 saturated carbocycles. The van der Waals surface area contributed by atoms with Crippen LogP contribution in [0.5, 0.6) is 5.75 Å². The van der Waals surface area contributed by atoms with Gasteiger partial charge in [-0.05, 0) is 29.8 Å². The van der Waals surface area contributed by atoms with Crippen LogP contribution in [0.15, 0.2) is 66.0 Å². The van der Waals surface area contributed by atoms with E-state index in [0.29, 0.717) is 16.5 Å². The molecule has 0 aliphatic carbocycles. The van der Waals surface area contributed by atoms with E-state index in [1.54, 1.807) is 24.3 Å². The number of benzene rings is 2. The summed E-state index contributed by atoms with van der Waals surface area (Å²) in [5.41, 5.74) is 0.439. The summed E-state index contributed by atoms with van der Waals surface area (Å²) in [5, 5.41) is 10.6. The van der Waals surface area contributed by atoms with Gasteiger partial charge in [-0.1, -0.05) is 35.6 Å². The zero-order chi connectivity index (χ0) is 21.0. The normalized spacial score (nSPS) is 12.4. The molecule has 0 aliphatic heterocycles. The first-order valence-electron chi connectivity index (χ1n) is 8.37. The fourth-order valence-corrected chi connectivity index (χ4v) is 2.64. The predicted molar refractivity (Wildman–Crippen MR) is 98.0 cm³/mol. The SMILES string of the molecule is C=C[C@H](NC(=O)Cn1nnc2ccccc2c1=O)c1ccc(OC(F)(F)F)cc1. The molecule has 0 aliphatic rings. The zero-order valence-electron chi connectivity index (χ0n) is 14.9. The number of carbonyl (C=O) groups is 1. The lowest BCUT2D eigenvalue weighted by Gasteiger charge is -2.16. The maximum Gasteiger partial charge on any atom is 0.573 e. The van der Waals surface area contributed by atoms with E-state index in [-0.39, 0.29) is 12.3 Å². The van der Waals surface area contributed by atoms with Crippen LogP contribution in [0.1, 0.15) is 11.6 Å². The van der Waals surface area contributed by atoms with Crippen LogP contribution in [0.3, 0.4) is 0 Å². The van der Waals surface area contributed by atoms with E-state index in [9.17, 15) is 22.8 Å². The van der Waals surface area contributed by atoms with Gasteiger partial charge in [-0.2, -0.15) is 0 Å². The van der Waals surface area contributed by atoms with Gasteiger partial charge in [0.1, 0.15) is 17.8 Å². The molecule has 150 valence electrons. The van der Waals surface area contributed by atoms with Gasteiger partial charge in [-0.25, -0.2) is 4.68 Å². The van der Waals surface area contributed by atoms with Crippen molar-refractivity contribution in [1.29, 1.82) is 0 Å². The molecule has 2 aromatic carbocycles. The quantitative estimate of drug-likeness (QED) is 0.639. The fraction of sp³-hybridized carbons (Fsp3) is 0.158. The summed E-state index contributed by atoms with van der Waals surface area (Å²) in [7, 11) is 0. The number of halogens is 3. The smallest absolute Gasteiger partial charge is 0.406 e. The second-order valence-electron chi connectivity index (χ2n) is 5.97. The largest absolute Gasteiger partial charge is 0.573 e. The highest BCUT2D eigenvalue weighted by atomic mass is 19.4. The Morgan fingerprint density at radius 3 is 2.55 bits per heavy atom. The van der Waals surface area contributed by atoms with Crippen LogP contribution in [0.4, 0.5) is 13.2 Å². The Hall–Kier alpha value is -3.69. The number of fused-ring (bicyclic) bond motifs is 1. The Morgan fingerprint density at radius 1 is 1.21 bits per heavy atom. The van der Waals surface area contributed by atoms with Crippen LogP contribution >= 0.6 is 0 Å². The Balaban J connectivity index is 1.71. The molecule has 1 N–H and O–H groups in total. The number of ether oxygens (including phenoxy) is 1. The highest BCUT2D eigenvalue weighted by Gasteiger charge is 2.31. The van der Waals surface area contributed by atoms with Crippen LogP contribution in [-0.4, -0.2) is 27.3 Å². The van der Waals surface area contributed by atoms with Crippen LogP contribution in [0.2, 0.25) is 0 Å².